The molecule has 4 heteroatoms. The second-order valence-corrected chi connectivity index (χ2v) is 1.64. The van der Waals surface area contributed by atoms with Crippen molar-refractivity contribution in [2.75, 3.05) is 0 Å². The average molecular weight is 130 g/mol. The van der Waals surface area contributed by atoms with E-state index in [4.69, 9.17) is 5.11 Å². The van der Waals surface area contributed by atoms with Gasteiger partial charge in [0.1, 0.15) is 0 Å². The number of aliphatic hydroxyl groups is 1. The van der Waals surface area contributed by atoms with Crippen LogP contribution in [0.3, 0.4) is 0 Å². The van der Waals surface area contributed by atoms with E-state index in [9.17, 15) is 4.79 Å². The lowest BCUT2D eigenvalue weighted by molar-refractivity contribution is -0.132. The number of carbonyl (C=O) groups is 1. The fraction of sp³-hybridized carbons (Fsp3) is 0. The largest absolute Gasteiger partial charge is 0.502 e. The van der Waals surface area contributed by atoms with Crippen molar-refractivity contribution in [1.82, 2.24) is 0 Å². The highest BCUT2D eigenvalue weighted by Gasteiger charge is 2.18. The summed E-state index contributed by atoms with van der Waals surface area (Å²) in [5, 5.41) is 8.49. The van der Waals surface area contributed by atoms with Crippen LogP contribution in [0.2, 0.25) is 0 Å². The van der Waals surface area contributed by atoms with Gasteiger partial charge in [0.2, 0.25) is 5.76 Å². The third kappa shape index (κ3) is 0.696. The fourth-order valence-electron chi connectivity index (χ4n) is 0.344. The Kier molecular flexibility index (Phi) is 1.02. The van der Waals surface area contributed by atoms with Crippen LogP contribution >= 0.6 is 12.2 Å². The molecule has 0 aliphatic carbocycles. The van der Waals surface area contributed by atoms with Gasteiger partial charge in [-0.2, -0.15) is 0 Å². The molecule has 0 aromatic heterocycles. The number of cyclic esters (lactones) is 1. The van der Waals surface area contributed by atoms with Gasteiger partial charge < -0.3 is 9.84 Å². The first kappa shape index (κ1) is 5.24. The minimum atomic E-state index is -0.769. The first-order valence-corrected chi connectivity index (χ1v) is 2.28. The highest BCUT2D eigenvalue weighted by atomic mass is 32.1. The molecular weight excluding hydrogens is 128 g/mol. The van der Waals surface area contributed by atoms with Crippen LogP contribution in [-0.2, 0) is 9.53 Å². The molecule has 1 rings (SSSR count). The van der Waals surface area contributed by atoms with Crippen molar-refractivity contribution in [2.45, 2.75) is 0 Å². The first-order valence-electron chi connectivity index (χ1n) is 1.87. The quantitative estimate of drug-likeness (QED) is 0.378. The van der Waals surface area contributed by atoms with Gasteiger partial charge in [0.05, 0.1) is 0 Å². The maximum Gasteiger partial charge on any atom is 0.379 e. The number of hydrogen-bond donors (Lipinski definition) is 1. The SMILES string of the molecule is O=C1OC(=S)C=C1O. The Balaban J connectivity index is 2.88. The highest BCUT2D eigenvalue weighted by molar-refractivity contribution is 7.80. The minimum absolute atomic E-state index is 0.0208. The Morgan fingerprint density at radius 3 is 2.50 bits per heavy atom. The third-order valence-corrected chi connectivity index (χ3v) is 0.858. The third-order valence-electron chi connectivity index (χ3n) is 0.657. The second kappa shape index (κ2) is 1.56. The number of hydrogen-bond acceptors (Lipinski definition) is 4. The van der Waals surface area contributed by atoms with Crippen molar-refractivity contribution in [3.63, 3.8) is 0 Å². The molecule has 0 saturated carbocycles. The summed E-state index contributed by atoms with van der Waals surface area (Å²) < 4.78 is 4.22. The molecule has 0 amide bonds. The Bertz CT molecular complexity index is 182. The second-order valence-electron chi connectivity index (χ2n) is 1.24. The fourth-order valence-corrected chi connectivity index (χ4v) is 0.531. The summed E-state index contributed by atoms with van der Waals surface area (Å²) in [6, 6.07) is 0. The molecular formula is C4H2O3S. The number of thiocarbonyl (C=S) groups is 1. The predicted molar refractivity (Wildman–Crippen MR) is 29.4 cm³/mol. The van der Waals surface area contributed by atoms with Crippen molar-refractivity contribution in [3.8, 4) is 0 Å². The first-order chi connectivity index (χ1) is 3.70. The molecule has 0 aromatic rings. The van der Waals surface area contributed by atoms with Crippen LogP contribution in [0.25, 0.3) is 0 Å². The van der Waals surface area contributed by atoms with E-state index in [1.807, 2.05) is 0 Å². The number of carbonyl (C=O) groups excluding carboxylic acids is 1. The molecule has 0 aromatic carbocycles. The maximum atomic E-state index is 10.2. The Hall–Kier alpha value is -0.900. The summed E-state index contributed by atoms with van der Waals surface area (Å²) in [5.74, 6) is -1.19. The van der Waals surface area contributed by atoms with E-state index in [1.54, 1.807) is 0 Å². The van der Waals surface area contributed by atoms with Gasteiger partial charge in [-0.15, -0.1) is 0 Å². The number of esters is 1. The van der Waals surface area contributed by atoms with E-state index in [1.165, 1.54) is 0 Å². The lowest BCUT2D eigenvalue weighted by atomic mass is 10.5. The molecule has 0 bridgehead atoms. The highest BCUT2D eigenvalue weighted by Crippen LogP contribution is 2.04. The van der Waals surface area contributed by atoms with Gasteiger partial charge in [0, 0.05) is 6.08 Å². The van der Waals surface area contributed by atoms with E-state index in [0.717, 1.165) is 6.08 Å². The zero-order valence-electron chi connectivity index (χ0n) is 3.75. The van der Waals surface area contributed by atoms with Crippen molar-refractivity contribution < 1.29 is 14.6 Å². The van der Waals surface area contributed by atoms with E-state index in [-0.39, 0.29) is 5.05 Å². The van der Waals surface area contributed by atoms with Crippen LogP contribution in [0, 0.1) is 0 Å². The molecule has 3 nitrogen and oxygen atoms in total. The van der Waals surface area contributed by atoms with Gasteiger partial charge in [-0.3, -0.25) is 0 Å². The van der Waals surface area contributed by atoms with Gasteiger partial charge in [0.25, 0.3) is 0 Å². The maximum absolute atomic E-state index is 10.2. The van der Waals surface area contributed by atoms with Gasteiger partial charge >= 0.3 is 5.97 Å². The summed E-state index contributed by atoms with van der Waals surface area (Å²) in [5.41, 5.74) is 0. The Morgan fingerprint density at radius 1 is 1.75 bits per heavy atom. The van der Waals surface area contributed by atoms with Gasteiger partial charge in [-0.25, -0.2) is 4.79 Å². The zero-order chi connectivity index (χ0) is 6.15. The Labute approximate surface area is 50.6 Å². The topological polar surface area (TPSA) is 46.5 Å². The number of ether oxygens (including phenoxy) is 1. The Morgan fingerprint density at radius 2 is 2.38 bits per heavy atom. The van der Waals surface area contributed by atoms with Crippen LogP contribution in [0.15, 0.2) is 11.8 Å². The molecule has 0 radical (unpaired) electrons. The van der Waals surface area contributed by atoms with Crippen molar-refractivity contribution in [3.05, 3.63) is 11.8 Å². The molecule has 1 aliphatic rings. The number of rotatable bonds is 0. The lowest BCUT2D eigenvalue weighted by Crippen LogP contribution is -1.99. The minimum Gasteiger partial charge on any atom is -0.502 e. The molecule has 8 heavy (non-hydrogen) atoms. The standard InChI is InChI=1S/C4H2O3S/c5-2-1-3(8)7-4(2)6/h1,5H. The van der Waals surface area contributed by atoms with Crippen LogP contribution in [0.5, 0.6) is 0 Å². The van der Waals surface area contributed by atoms with Crippen LogP contribution in [0.4, 0.5) is 0 Å². The summed E-state index contributed by atoms with van der Waals surface area (Å²) >= 11 is 4.39. The molecule has 1 heterocycles. The molecule has 0 spiro atoms. The molecule has 0 fully saturated rings. The van der Waals surface area contributed by atoms with Gasteiger partial charge in [-0.1, -0.05) is 0 Å². The van der Waals surface area contributed by atoms with E-state index < -0.39 is 11.7 Å². The molecule has 0 saturated heterocycles. The average Bonchev–Trinajstić information content (AvgIpc) is 1.85. The molecule has 0 unspecified atom stereocenters. The van der Waals surface area contributed by atoms with Crippen LogP contribution in [0.1, 0.15) is 0 Å². The van der Waals surface area contributed by atoms with Crippen molar-refractivity contribution in [2.24, 2.45) is 0 Å². The van der Waals surface area contributed by atoms with Crippen molar-refractivity contribution in [1.29, 1.82) is 0 Å². The summed E-state index contributed by atoms with van der Waals surface area (Å²) in [4.78, 5) is 10.2. The van der Waals surface area contributed by atoms with Crippen LogP contribution < -0.4 is 0 Å². The molecule has 42 valence electrons. The summed E-state index contributed by atoms with van der Waals surface area (Å²) in [7, 11) is 0. The smallest absolute Gasteiger partial charge is 0.379 e. The van der Waals surface area contributed by atoms with E-state index >= 15 is 0 Å². The number of aliphatic hydroxyl groups excluding tert-OH is 1. The monoisotopic (exact) mass is 130 g/mol. The predicted octanol–water partition coefficient (Wildman–Crippen LogP) is 0.312. The molecule has 1 N–H and O–H groups in total. The molecule has 0 atom stereocenters. The lowest BCUT2D eigenvalue weighted by Gasteiger charge is -1.85. The summed E-state index contributed by atoms with van der Waals surface area (Å²) in [6.07, 6.45) is 1.09. The summed E-state index contributed by atoms with van der Waals surface area (Å²) in [6.45, 7) is 0. The van der Waals surface area contributed by atoms with Gasteiger partial charge in [0.15, 0.2) is 5.05 Å². The van der Waals surface area contributed by atoms with E-state index in [2.05, 4.69) is 17.0 Å². The normalized spacial score (nSPS) is 18.2. The van der Waals surface area contributed by atoms with Crippen LogP contribution in [-0.4, -0.2) is 16.1 Å². The van der Waals surface area contributed by atoms with Crippen molar-refractivity contribution >= 4 is 23.2 Å². The van der Waals surface area contributed by atoms with Gasteiger partial charge in [-0.05, 0) is 12.2 Å². The van der Waals surface area contributed by atoms with E-state index in [0.29, 0.717) is 0 Å². The molecule has 1 aliphatic heterocycles. The zero-order valence-corrected chi connectivity index (χ0v) is 4.57.